The highest BCUT2D eigenvalue weighted by Crippen LogP contribution is 2.44. The van der Waals surface area contributed by atoms with Crippen LogP contribution in [0.5, 0.6) is 0 Å². The Morgan fingerprint density at radius 2 is 1.97 bits per heavy atom. The van der Waals surface area contributed by atoms with Crippen LogP contribution in [-0.2, 0) is 16.0 Å². The lowest BCUT2D eigenvalue weighted by atomic mass is 9.76. The van der Waals surface area contributed by atoms with Gasteiger partial charge in [0, 0.05) is 5.57 Å². The zero-order valence-electron chi connectivity index (χ0n) is 17.3. The first kappa shape index (κ1) is 19.7. The van der Waals surface area contributed by atoms with Gasteiger partial charge in [-0.25, -0.2) is 0 Å². The number of ether oxygens (including phenoxy) is 1. The molecule has 1 aromatic rings. The van der Waals surface area contributed by atoms with Gasteiger partial charge in [0.25, 0.3) is 0 Å². The molecule has 2 unspecified atom stereocenters. The molecule has 0 fully saturated rings. The zero-order chi connectivity index (χ0) is 20.6. The van der Waals surface area contributed by atoms with Crippen LogP contribution in [0.25, 0.3) is 0 Å². The third-order valence-corrected chi connectivity index (χ3v) is 6.09. The molecular formula is C26H28O3. The van der Waals surface area contributed by atoms with Gasteiger partial charge in [-0.15, -0.1) is 0 Å². The van der Waals surface area contributed by atoms with Crippen molar-refractivity contribution in [2.45, 2.75) is 51.7 Å². The van der Waals surface area contributed by atoms with Crippen molar-refractivity contribution >= 4 is 5.78 Å². The van der Waals surface area contributed by atoms with Crippen LogP contribution in [0, 0.1) is 5.92 Å². The van der Waals surface area contributed by atoms with E-state index in [4.69, 9.17) is 4.74 Å². The van der Waals surface area contributed by atoms with Gasteiger partial charge in [0.1, 0.15) is 11.9 Å². The van der Waals surface area contributed by atoms with Gasteiger partial charge in [-0.2, -0.15) is 0 Å². The van der Waals surface area contributed by atoms with Crippen molar-refractivity contribution in [1.82, 2.24) is 0 Å². The second kappa shape index (κ2) is 7.64. The first-order valence-corrected chi connectivity index (χ1v) is 10.4. The number of hydrogen-bond donors (Lipinski definition) is 1. The minimum absolute atomic E-state index is 0.0179. The molecule has 1 aliphatic heterocycles. The summed E-state index contributed by atoms with van der Waals surface area (Å²) in [6, 6.07) is 10.5. The summed E-state index contributed by atoms with van der Waals surface area (Å²) in [6.45, 7) is 6.14. The van der Waals surface area contributed by atoms with Crippen molar-refractivity contribution < 1.29 is 14.6 Å². The summed E-state index contributed by atoms with van der Waals surface area (Å²) in [5, 5.41) is 10.8. The van der Waals surface area contributed by atoms with E-state index in [1.807, 2.05) is 32.1 Å². The van der Waals surface area contributed by atoms with Crippen molar-refractivity contribution in [3.8, 4) is 0 Å². The molecule has 0 saturated heterocycles. The molecule has 2 aliphatic carbocycles. The molecule has 0 bridgehead atoms. The van der Waals surface area contributed by atoms with E-state index in [9.17, 15) is 9.90 Å². The highest BCUT2D eigenvalue weighted by atomic mass is 16.5. The predicted octanol–water partition coefficient (Wildman–Crippen LogP) is 5.57. The smallest absolute Gasteiger partial charge is 0.186 e. The lowest BCUT2D eigenvalue weighted by Crippen LogP contribution is -2.41. The number of fused-ring (bicyclic) bond motifs is 2. The second-order valence-electron chi connectivity index (χ2n) is 8.61. The van der Waals surface area contributed by atoms with E-state index in [-0.39, 0.29) is 23.6 Å². The molecule has 150 valence electrons. The summed E-state index contributed by atoms with van der Waals surface area (Å²) in [5.41, 5.74) is 4.02. The van der Waals surface area contributed by atoms with Gasteiger partial charge in [-0.05, 0) is 79.5 Å². The Labute approximate surface area is 172 Å². The number of aryl methyl sites for hydroxylation is 1. The van der Waals surface area contributed by atoms with Gasteiger partial charge in [-0.1, -0.05) is 49.4 Å². The number of rotatable bonds is 5. The Kier molecular flexibility index (Phi) is 5.18. The van der Waals surface area contributed by atoms with E-state index in [1.54, 1.807) is 18.2 Å². The topological polar surface area (TPSA) is 46.5 Å². The van der Waals surface area contributed by atoms with Crippen LogP contribution in [-0.4, -0.2) is 22.6 Å². The lowest BCUT2D eigenvalue weighted by Gasteiger charge is -2.41. The molecule has 1 heterocycles. The fourth-order valence-corrected chi connectivity index (χ4v) is 4.50. The van der Waals surface area contributed by atoms with E-state index < -0.39 is 5.60 Å². The summed E-state index contributed by atoms with van der Waals surface area (Å²) in [6.07, 6.45) is 11.8. The Bertz CT molecular complexity index is 970. The van der Waals surface area contributed by atoms with E-state index in [0.29, 0.717) is 5.57 Å². The van der Waals surface area contributed by atoms with Crippen molar-refractivity contribution in [2.75, 3.05) is 0 Å². The summed E-state index contributed by atoms with van der Waals surface area (Å²) >= 11 is 0. The number of aliphatic hydroxyl groups excluding tert-OH is 1. The van der Waals surface area contributed by atoms with Gasteiger partial charge in [-0.3, -0.25) is 4.79 Å². The van der Waals surface area contributed by atoms with Crippen LogP contribution < -0.4 is 0 Å². The number of carbonyl (C=O) groups is 1. The fraction of sp³-hybridized carbons (Fsp3) is 0.346. The second-order valence-corrected chi connectivity index (χ2v) is 8.61. The molecule has 0 radical (unpaired) electrons. The normalized spacial score (nSPS) is 23.6. The molecule has 4 rings (SSSR count). The van der Waals surface area contributed by atoms with Crippen LogP contribution >= 0.6 is 0 Å². The van der Waals surface area contributed by atoms with E-state index in [0.717, 1.165) is 36.0 Å². The Morgan fingerprint density at radius 1 is 1.21 bits per heavy atom. The molecule has 3 aliphatic rings. The maximum absolute atomic E-state index is 12.6. The van der Waals surface area contributed by atoms with Gasteiger partial charge >= 0.3 is 0 Å². The molecule has 3 heteroatoms. The number of benzene rings is 1. The Hall–Kier alpha value is -2.65. The predicted molar refractivity (Wildman–Crippen MR) is 116 cm³/mol. The van der Waals surface area contributed by atoms with Gasteiger partial charge < -0.3 is 9.84 Å². The largest absolute Gasteiger partial charge is 0.508 e. The van der Waals surface area contributed by atoms with Crippen LogP contribution in [0.3, 0.4) is 0 Å². The summed E-state index contributed by atoms with van der Waals surface area (Å²) in [4.78, 5) is 12.6. The number of aliphatic hydroxyl groups is 1. The Balaban J connectivity index is 1.55. The summed E-state index contributed by atoms with van der Waals surface area (Å²) in [7, 11) is 0. The minimum Gasteiger partial charge on any atom is -0.508 e. The molecular weight excluding hydrogens is 360 g/mol. The van der Waals surface area contributed by atoms with Crippen LogP contribution in [0.15, 0.2) is 88.8 Å². The first-order valence-electron chi connectivity index (χ1n) is 10.4. The number of allylic oxidation sites excluding steroid dienone is 4. The number of ketones is 1. The van der Waals surface area contributed by atoms with E-state index in [1.165, 1.54) is 5.56 Å². The van der Waals surface area contributed by atoms with Crippen molar-refractivity contribution in [2.24, 2.45) is 5.92 Å². The molecule has 0 aromatic heterocycles. The third-order valence-electron chi connectivity index (χ3n) is 6.09. The monoisotopic (exact) mass is 388 g/mol. The average Bonchev–Trinajstić information content (AvgIpc) is 2.69. The summed E-state index contributed by atoms with van der Waals surface area (Å²) < 4.78 is 6.35. The molecule has 0 saturated carbocycles. The van der Waals surface area contributed by atoms with Crippen molar-refractivity contribution in [3.05, 3.63) is 94.3 Å². The molecule has 2 atom stereocenters. The standard InChI is InChI=1S/C26H28O3/c1-17(9-7-12-18-10-5-4-6-11-18)19-16-24-20(15-23(19)28)25-21(26(2,3)29-24)13-8-14-22(25)27/h4-6,8,10-11,13-17,24,28H,7,9,12H2,1-3H3. The fourth-order valence-electron chi connectivity index (χ4n) is 4.50. The average molecular weight is 389 g/mol. The molecule has 0 amide bonds. The van der Waals surface area contributed by atoms with Crippen LogP contribution in [0.1, 0.15) is 39.2 Å². The van der Waals surface area contributed by atoms with Crippen molar-refractivity contribution in [1.29, 1.82) is 0 Å². The van der Waals surface area contributed by atoms with Gasteiger partial charge in [0.15, 0.2) is 5.78 Å². The highest BCUT2D eigenvalue weighted by Gasteiger charge is 2.41. The maximum atomic E-state index is 12.6. The quantitative estimate of drug-likeness (QED) is 0.718. The zero-order valence-corrected chi connectivity index (χ0v) is 17.3. The van der Waals surface area contributed by atoms with Crippen molar-refractivity contribution in [3.63, 3.8) is 0 Å². The minimum atomic E-state index is -0.553. The molecule has 1 aromatic carbocycles. The Morgan fingerprint density at radius 3 is 2.72 bits per heavy atom. The number of carbonyl (C=O) groups excluding carboxylic acids is 1. The van der Waals surface area contributed by atoms with Gasteiger partial charge in [0.2, 0.25) is 0 Å². The lowest BCUT2D eigenvalue weighted by molar-refractivity contribution is -0.112. The van der Waals surface area contributed by atoms with Gasteiger partial charge in [0.05, 0.1) is 5.60 Å². The highest BCUT2D eigenvalue weighted by molar-refractivity contribution is 6.10. The molecule has 0 spiro atoms. The van der Waals surface area contributed by atoms with Crippen LogP contribution in [0.2, 0.25) is 0 Å². The number of hydrogen-bond acceptors (Lipinski definition) is 3. The maximum Gasteiger partial charge on any atom is 0.186 e. The van der Waals surface area contributed by atoms with E-state index >= 15 is 0 Å². The molecule has 1 N–H and O–H groups in total. The van der Waals surface area contributed by atoms with Crippen LogP contribution in [0.4, 0.5) is 0 Å². The molecule has 3 nitrogen and oxygen atoms in total. The third kappa shape index (κ3) is 3.79. The summed E-state index contributed by atoms with van der Waals surface area (Å²) in [5.74, 6) is 0.448. The SMILES string of the molecule is CC(CCCc1ccccc1)C1=CC2OC(C)(C)C3=CC=CC(=O)C3=C2C=C1O. The molecule has 29 heavy (non-hydrogen) atoms. The first-order chi connectivity index (χ1) is 13.9. The van der Waals surface area contributed by atoms with E-state index in [2.05, 4.69) is 31.2 Å².